The summed E-state index contributed by atoms with van der Waals surface area (Å²) in [5.41, 5.74) is 4.50. The van der Waals surface area contributed by atoms with E-state index in [-0.39, 0.29) is 5.91 Å². The Morgan fingerprint density at radius 2 is 2.00 bits per heavy atom. The minimum Gasteiger partial charge on any atom is -0.378 e. The Kier molecular flexibility index (Phi) is 4.92. The predicted molar refractivity (Wildman–Crippen MR) is 101 cm³/mol. The monoisotopic (exact) mass is 358 g/mol. The molecule has 0 saturated carbocycles. The zero-order chi connectivity index (χ0) is 17.1. The molecule has 2 N–H and O–H groups in total. The lowest BCUT2D eigenvalue weighted by Crippen LogP contribution is -2.13. The van der Waals surface area contributed by atoms with Gasteiger partial charge in [0.15, 0.2) is 5.13 Å². The van der Waals surface area contributed by atoms with Gasteiger partial charge in [0.2, 0.25) is 0 Å². The van der Waals surface area contributed by atoms with Gasteiger partial charge in [-0.1, -0.05) is 31.2 Å². The first-order valence-electron chi connectivity index (χ1n) is 7.62. The van der Waals surface area contributed by atoms with Crippen LogP contribution >= 0.6 is 22.9 Å². The van der Waals surface area contributed by atoms with E-state index in [0.29, 0.717) is 16.4 Å². The first-order valence-corrected chi connectivity index (χ1v) is 9.28. The molecule has 0 atom stereocenters. The van der Waals surface area contributed by atoms with Gasteiger partial charge in [-0.25, -0.2) is 4.98 Å². The van der Waals surface area contributed by atoms with Crippen LogP contribution in [0.2, 0.25) is 0 Å². The summed E-state index contributed by atoms with van der Waals surface area (Å²) >= 11 is 2.70. The van der Waals surface area contributed by atoms with Crippen molar-refractivity contribution in [3.05, 3.63) is 46.5 Å². The summed E-state index contributed by atoms with van der Waals surface area (Å²) in [6.07, 6.45) is 1.01. The van der Waals surface area contributed by atoms with Gasteiger partial charge in [-0.3, -0.25) is 10.1 Å². The third-order valence-electron chi connectivity index (χ3n) is 3.70. The molecule has 0 radical (unpaired) electrons. The molecule has 3 rings (SSSR count). The summed E-state index contributed by atoms with van der Waals surface area (Å²) in [5.74, 6) is -0.187. The van der Waals surface area contributed by atoms with E-state index in [0.717, 1.165) is 22.7 Å². The van der Waals surface area contributed by atoms with Crippen LogP contribution in [0.5, 0.6) is 0 Å². The van der Waals surface area contributed by atoms with Crippen molar-refractivity contribution in [2.24, 2.45) is 0 Å². The largest absolute Gasteiger partial charge is 0.378 e. The van der Waals surface area contributed by atoms with Crippen LogP contribution in [0.4, 0.5) is 10.1 Å². The van der Waals surface area contributed by atoms with E-state index in [1.54, 1.807) is 7.05 Å². The van der Waals surface area contributed by atoms with Crippen LogP contribution in [0.25, 0.3) is 11.3 Å². The molecule has 0 fully saturated rings. The SMILES string of the molecule is CCc1ccc(-c2csc(NC(=O)c3c(C)nsc3NC)n2)cc1. The van der Waals surface area contributed by atoms with E-state index in [9.17, 15) is 4.79 Å². The standard InChI is InChI=1S/C17H18N4OS2/c1-4-11-5-7-12(8-6-11)13-9-23-17(19-13)20-15(22)14-10(2)21-24-16(14)18-3/h5-9,18H,4H2,1-3H3,(H,19,20,22). The lowest BCUT2D eigenvalue weighted by atomic mass is 10.1. The highest BCUT2D eigenvalue weighted by atomic mass is 32.1. The van der Waals surface area contributed by atoms with Gasteiger partial charge in [-0.05, 0) is 30.4 Å². The van der Waals surface area contributed by atoms with Gasteiger partial charge in [-0.2, -0.15) is 4.37 Å². The Bertz CT molecular complexity index is 852. The van der Waals surface area contributed by atoms with Crippen molar-refractivity contribution < 1.29 is 4.79 Å². The van der Waals surface area contributed by atoms with Crippen LogP contribution in [0.3, 0.4) is 0 Å². The number of amides is 1. The van der Waals surface area contributed by atoms with Gasteiger partial charge >= 0.3 is 0 Å². The topological polar surface area (TPSA) is 66.9 Å². The summed E-state index contributed by atoms with van der Waals surface area (Å²) in [4.78, 5) is 17.0. The summed E-state index contributed by atoms with van der Waals surface area (Å²) in [7, 11) is 1.78. The fourth-order valence-corrected chi connectivity index (χ4v) is 3.80. The van der Waals surface area contributed by atoms with Crippen LogP contribution in [0.1, 0.15) is 28.5 Å². The van der Waals surface area contributed by atoms with Crippen molar-refractivity contribution in [3.8, 4) is 11.3 Å². The fourth-order valence-electron chi connectivity index (χ4n) is 2.34. The van der Waals surface area contributed by atoms with Crippen LogP contribution < -0.4 is 10.6 Å². The number of rotatable bonds is 5. The van der Waals surface area contributed by atoms with Crippen molar-refractivity contribution >= 4 is 38.9 Å². The molecule has 0 saturated heterocycles. The van der Waals surface area contributed by atoms with Crippen molar-refractivity contribution in [2.75, 3.05) is 17.7 Å². The molecule has 3 aromatic rings. The van der Waals surface area contributed by atoms with E-state index in [1.807, 2.05) is 12.3 Å². The number of benzene rings is 1. The van der Waals surface area contributed by atoms with E-state index in [2.05, 4.69) is 51.2 Å². The van der Waals surface area contributed by atoms with Gasteiger partial charge < -0.3 is 5.32 Å². The quantitative estimate of drug-likeness (QED) is 0.708. The maximum atomic E-state index is 12.5. The normalized spacial score (nSPS) is 10.6. The first kappa shape index (κ1) is 16.6. The maximum Gasteiger partial charge on any atom is 0.262 e. The highest BCUT2D eigenvalue weighted by Gasteiger charge is 2.19. The van der Waals surface area contributed by atoms with E-state index < -0.39 is 0 Å². The molecule has 7 heteroatoms. The Labute approximate surface area is 148 Å². The molecule has 0 aliphatic heterocycles. The second-order valence-corrected chi connectivity index (χ2v) is 6.90. The molecule has 124 valence electrons. The van der Waals surface area contributed by atoms with Gasteiger partial charge in [0.1, 0.15) is 5.00 Å². The third kappa shape index (κ3) is 3.32. The van der Waals surface area contributed by atoms with Crippen molar-refractivity contribution in [1.29, 1.82) is 0 Å². The molecule has 0 spiro atoms. The number of carbonyl (C=O) groups excluding carboxylic acids is 1. The van der Waals surface area contributed by atoms with E-state index in [1.165, 1.54) is 28.4 Å². The molecular weight excluding hydrogens is 340 g/mol. The maximum absolute atomic E-state index is 12.5. The van der Waals surface area contributed by atoms with Crippen LogP contribution in [-0.4, -0.2) is 22.3 Å². The average molecular weight is 358 g/mol. The molecule has 1 aromatic carbocycles. The Morgan fingerprint density at radius 1 is 1.25 bits per heavy atom. The minimum atomic E-state index is -0.187. The number of carbonyl (C=O) groups is 1. The smallest absolute Gasteiger partial charge is 0.262 e. The van der Waals surface area contributed by atoms with Crippen molar-refractivity contribution in [1.82, 2.24) is 9.36 Å². The van der Waals surface area contributed by atoms with Gasteiger partial charge in [-0.15, -0.1) is 11.3 Å². The highest BCUT2D eigenvalue weighted by Crippen LogP contribution is 2.28. The minimum absolute atomic E-state index is 0.187. The molecule has 2 aromatic heterocycles. The molecule has 0 aliphatic rings. The van der Waals surface area contributed by atoms with E-state index in [4.69, 9.17) is 0 Å². The third-order valence-corrected chi connectivity index (χ3v) is 5.41. The van der Waals surface area contributed by atoms with Crippen molar-refractivity contribution in [2.45, 2.75) is 20.3 Å². The second kappa shape index (κ2) is 7.11. The summed E-state index contributed by atoms with van der Waals surface area (Å²) < 4.78 is 4.22. The predicted octanol–water partition coefficient (Wildman–Crippen LogP) is 4.43. The Balaban J connectivity index is 1.78. The molecular formula is C17H18N4OS2. The zero-order valence-corrected chi connectivity index (χ0v) is 15.3. The van der Waals surface area contributed by atoms with Gasteiger partial charge in [0.05, 0.1) is 17.0 Å². The number of thiazole rings is 1. The average Bonchev–Trinajstić information content (AvgIpc) is 3.21. The molecule has 5 nitrogen and oxygen atoms in total. The molecule has 0 unspecified atom stereocenters. The van der Waals surface area contributed by atoms with Crippen LogP contribution in [0, 0.1) is 6.92 Å². The summed E-state index contributed by atoms with van der Waals surface area (Å²) in [6.45, 7) is 3.96. The second-order valence-electron chi connectivity index (χ2n) is 5.26. The number of aryl methyl sites for hydroxylation is 2. The molecule has 2 heterocycles. The molecule has 0 aliphatic carbocycles. The fraction of sp³-hybridized carbons (Fsp3) is 0.235. The number of hydrogen-bond acceptors (Lipinski definition) is 6. The van der Waals surface area contributed by atoms with Gasteiger partial charge in [0.25, 0.3) is 5.91 Å². The molecule has 1 amide bonds. The number of anilines is 2. The summed E-state index contributed by atoms with van der Waals surface area (Å²) in [6, 6.07) is 8.33. The lowest BCUT2D eigenvalue weighted by Gasteiger charge is -2.03. The number of nitrogens with one attached hydrogen (secondary N) is 2. The highest BCUT2D eigenvalue weighted by molar-refractivity contribution is 7.14. The first-order chi connectivity index (χ1) is 11.6. The van der Waals surface area contributed by atoms with Crippen molar-refractivity contribution in [3.63, 3.8) is 0 Å². The number of nitrogens with zero attached hydrogens (tertiary/aromatic N) is 2. The van der Waals surface area contributed by atoms with E-state index >= 15 is 0 Å². The molecule has 24 heavy (non-hydrogen) atoms. The molecule has 0 bridgehead atoms. The Hall–Kier alpha value is -2.25. The van der Waals surface area contributed by atoms with Crippen LogP contribution in [0.15, 0.2) is 29.6 Å². The summed E-state index contributed by atoms with van der Waals surface area (Å²) in [5, 5.41) is 9.17. The van der Waals surface area contributed by atoms with Crippen LogP contribution in [-0.2, 0) is 6.42 Å². The number of hydrogen-bond donors (Lipinski definition) is 2. The Morgan fingerprint density at radius 3 is 2.67 bits per heavy atom. The zero-order valence-electron chi connectivity index (χ0n) is 13.7. The number of aromatic nitrogens is 2. The van der Waals surface area contributed by atoms with Gasteiger partial charge in [0, 0.05) is 18.0 Å². The lowest BCUT2D eigenvalue weighted by molar-refractivity contribution is 0.102.